The average molecular weight is 496 g/mol. The van der Waals surface area contributed by atoms with Crippen molar-refractivity contribution >= 4 is 18.0 Å². The molecule has 1 aromatic heterocycles. The molecule has 0 fully saturated rings. The first kappa shape index (κ1) is 30.2. The molecule has 0 atom stereocenters. The molecule has 0 aromatic carbocycles. The Hall–Kier alpha value is -2.88. The van der Waals surface area contributed by atoms with E-state index in [0.717, 1.165) is 38.7 Å². The van der Waals surface area contributed by atoms with E-state index >= 15 is 0 Å². The zero-order valence-electron chi connectivity index (χ0n) is 21.4. The number of carbonyl (C=O) groups is 3. The first-order valence-corrected chi connectivity index (χ1v) is 12.5. The van der Waals surface area contributed by atoms with Gasteiger partial charge in [-0.25, -0.2) is 9.78 Å². The number of carbonyl (C=O) groups excluding carboxylic acids is 3. The predicted molar refractivity (Wildman–Crippen MR) is 132 cm³/mol. The van der Waals surface area contributed by atoms with E-state index in [4.69, 9.17) is 18.9 Å². The molecule has 10 nitrogen and oxygen atoms in total. The van der Waals surface area contributed by atoms with Gasteiger partial charge in [0.2, 0.25) is 0 Å². The van der Waals surface area contributed by atoms with Gasteiger partial charge >= 0.3 is 12.1 Å². The number of hydrogen-bond acceptors (Lipinski definition) is 8. The van der Waals surface area contributed by atoms with E-state index in [-0.39, 0.29) is 29.6 Å². The molecular formula is C25H41N3O7. The van der Waals surface area contributed by atoms with Crippen LogP contribution in [0.4, 0.5) is 4.79 Å². The molecular weight excluding hydrogens is 454 g/mol. The molecule has 1 heterocycles. The van der Waals surface area contributed by atoms with Crippen LogP contribution in [0.2, 0.25) is 0 Å². The summed E-state index contributed by atoms with van der Waals surface area (Å²) in [5, 5.41) is 5.10. The van der Waals surface area contributed by atoms with E-state index < -0.39 is 12.1 Å². The fraction of sp³-hybridized carbons (Fsp3) is 0.680. The van der Waals surface area contributed by atoms with E-state index in [2.05, 4.69) is 29.5 Å². The highest BCUT2D eigenvalue weighted by Crippen LogP contribution is 2.25. The van der Waals surface area contributed by atoms with Gasteiger partial charge in [-0.15, -0.1) is 0 Å². The second-order valence-corrected chi connectivity index (χ2v) is 8.04. The Morgan fingerprint density at radius 1 is 0.886 bits per heavy atom. The van der Waals surface area contributed by atoms with Gasteiger partial charge in [0.05, 0.1) is 19.3 Å². The van der Waals surface area contributed by atoms with Crippen molar-refractivity contribution in [3.8, 4) is 11.6 Å². The Balaban J connectivity index is 2.35. The second kappa shape index (κ2) is 19.4. The van der Waals surface area contributed by atoms with Gasteiger partial charge in [-0.2, -0.15) is 0 Å². The number of hydrogen-bond donors (Lipinski definition) is 2. The molecule has 0 saturated heterocycles. The topological polar surface area (TPSA) is 125 Å². The first-order valence-electron chi connectivity index (χ1n) is 12.5. The van der Waals surface area contributed by atoms with E-state index in [1.54, 1.807) is 0 Å². The quantitative estimate of drug-likeness (QED) is 0.218. The number of aromatic nitrogens is 1. The van der Waals surface area contributed by atoms with Gasteiger partial charge in [0, 0.05) is 32.0 Å². The highest BCUT2D eigenvalue weighted by molar-refractivity contribution is 5.94. The highest BCUT2D eigenvalue weighted by atomic mass is 16.6. The molecule has 0 spiro atoms. The number of unbranched alkanes of at least 4 members (excludes halogenated alkanes) is 6. The third-order valence-electron chi connectivity index (χ3n) is 5.02. The largest absolute Gasteiger partial charge is 0.491 e. The molecule has 35 heavy (non-hydrogen) atoms. The van der Waals surface area contributed by atoms with E-state index in [9.17, 15) is 14.4 Å². The van der Waals surface area contributed by atoms with Crippen LogP contribution >= 0.6 is 0 Å². The van der Waals surface area contributed by atoms with Crippen LogP contribution in [0.15, 0.2) is 12.3 Å². The van der Waals surface area contributed by atoms with Crippen molar-refractivity contribution in [1.29, 1.82) is 0 Å². The number of nitrogens with zero attached hydrogens (tertiary/aromatic N) is 1. The monoisotopic (exact) mass is 495 g/mol. The molecule has 0 aliphatic carbocycles. The molecule has 2 N–H and O–H groups in total. The molecule has 0 bridgehead atoms. The Morgan fingerprint density at radius 2 is 1.60 bits per heavy atom. The molecule has 0 aliphatic rings. The summed E-state index contributed by atoms with van der Waals surface area (Å²) in [6.45, 7) is 6.03. The van der Waals surface area contributed by atoms with Gasteiger partial charge in [0.25, 0.3) is 11.8 Å². The van der Waals surface area contributed by atoms with Crippen molar-refractivity contribution in [2.45, 2.75) is 71.6 Å². The third kappa shape index (κ3) is 14.2. The van der Waals surface area contributed by atoms with E-state index in [1.165, 1.54) is 38.6 Å². The van der Waals surface area contributed by atoms with Crippen molar-refractivity contribution in [2.24, 2.45) is 0 Å². The van der Waals surface area contributed by atoms with Crippen LogP contribution in [0, 0.1) is 0 Å². The number of amides is 2. The summed E-state index contributed by atoms with van der Waals surface area (Å²) in [5.74, 6) is -0.876. The minimum Gasteiger partial charge on any atom is -0.491 e. The normalized spacial score (nSPS) is 10.5. The number of rotatable bonds is 19. The zero-order chi connectivity index (χ0) is 25.7. The van der Waals surface area contributed by atoms with Crippen LogP contribution in [-0.4, -0.2) is 63.0 Å². The zero-order valence-corrected chi connectivity index (χ0v) is 21.4. The molecule has 10 heteroatoms. The molecule has 0 radical (unpaired) electrons. The van der Waals surface area contributed by atoms with Gasteiger partial charge in [-0.3, -0.25) is 9.59 Å². The summed E-state index contributed by atoms with van der Waals surface area (Å²) in [6, 6.07) is 1.43. The smallest absolute Gasteiger partial charge is 0.414 e. The van der Waals surface area contributed by atoms with Gasteiger partial charge in [-0.1, -0.05) is 52.4 Å². The summed E-state index contributed by atoms with van der Waals surface area (Å²) in [6.07, 6.45) is 9.73. The van der Waals surface area contributed by atoms with Crippen molar-refractivity contribution in [3.63, 3.8) is 0 Å². The number of methoxy groups -OCH3 is 1. The minimum atomic E-state index is -0.882. The van der Waals surface area contributed by atoms with Crippen LogP contribution in [-0.2, 0) is 14.3 Å². The van der Waals surface area contributed by atoms with Crippen molar-refractivity contribution in [1.82, 2.24) is 15.6 Å². The van der Waals surface area contributed by atoms with Gasteiger partial charge < -0.3 is 29.6 Å². The Kier molecular flexibility index (Phi) is 16.7. The van der Waals surface area contributed by atoms with Crippen molar-refractivity contribution in [2.75, 3.05) is 40.0 Å². The van der Waals surface area contributed by atoms with E-state index in [0.29, 0.717) is 26.2 Å². The predicted octanol–water partition coefficient (Wildman–Crippen LogP) is 4.02. The fourth-order valence-electron chi connectivity index (χ4n) is 2.99. The maximum Gasteiger partial charge on any atom is 0.414 e. The van der Waals surface area contributed by atoms with Crippen LogP contribution in [0.25, 0.3) is 0 Å². The summed E-state index contributed by atoms with van der Waals surface area (Å²) < 4.78 is 20.8. The molecule has 0 aliphatic heterocycles. The van der Waals surface area contributed by atoms with Crippen molar-refractivity contribution < 1.29 is 33.3 Å². The van der Waals surface area contributed by atoms with Crippen LogP contribution in [0.3, 0.4) is 0 Å². The third-order valence-corrected chi connectivity index (χ3v) is 5.02. The number of esters is 1. The molecule has 0 saturated carbocycles. The maximum atomic E-state index is 12.3. The highest BCUT2D eigenvalue weighted by Gasteiger charge is 2.16. The summed E-state index contributed by atoms with van der Waals surface area (Å²) in [7, 11) is 1.37. The fourth-order valence-corrected chi connectivity index (χ4v) is 2.99. The minimum absolute atomic E-state index is 0.112. The maximum absolute atomic E-state index is 12.3. The summed E-state index contributed by atoms with van der Waals surface area (Å²) in [4.78, 5) is 40.1. The molecule has 2 amide bonds. The molecule has 1 aromatic rings. The second-order valence-electron chi connectivity index (χ2n) is 8.04. The lowest BCUT2D eigenvalue weighted by atomic mass is 10.1. The van der Waals surface area contributed by atoms with E-state index in [1.807, 2.05) is 0 Å². The number of pyridine rings is 1. The number of ether oxygens (including phenoxy) is 4. The van der Waals surface area contributed by atoms with Crippen LogP contribution in [0.5, 0.6) is 11.6 Å². The average Bonchev–Trinajstić information content (AvgIpc) is 2.86. The number of nitrogens with one attached hydrogen (secondary N) is 2. The molecule has 0 unspecified atom stereocenters. The lowest BCUT2D eigenvalue weighted by Gasteiger charge is -2.11. The molecule has 1 rings (SSSR count). The SMILES string of the molecule is CCCCCCCCOC(=O)CNC(=O)Oc1ncc(C(=O)NCCCOCCCC)cc1OC. The standard InChI is InChI=1S/C25H41N3O7/c1-4-6-8-9-10-11-16-34-22(29)19-28-25(31)35-24-21(32-3)17-20(18-27-24)23(30)26-13-12-15-33-14-7-5-2/h17-18H,4-16,19H2,1-3H3,(H,26,30)(H,28,31). The van der Waals surface area contributed by atoms with Gasteiger partial charge in [0.15, 0.2) is 5.75 Å². The van der Waals surface area contributed by atoms with Gasteiger partial charge in [-0.05, 0) is 19.3 Å². The Morgan fingerprint density at radius 3 is 2.34 bits per heavy atom. The Labute approximate surface area is 208 Å². The first-order chi connectivity index (χ1) is 17.0. The van der Waals surface area contributed by atoms with Crippen LogP contribution in [0.1, 0.15) is 82.0 Å². The van der Waals surface area contributed by atoms with Crippen LogP contribution < -0.4 is 20.1 Å². The summed E-state index contributed by atoms with van der Waals surface area (Å²) >= 11 is 0. The van der Waals surface area contributed by atoms with Gasteiger partial charge in [0.1, 0.15) is 6.54 Å². The lowest BCUT2D eigenvalue weighted by molar-refractivity contribution is -0.142. The lowest BCUT2D eigenvalue weighted by Crippen LogP contribution is -2.33. The summed E-state index contributed by atoms with van der Waals surface area (Å²) in [5.41, 5.74) is 0.264. The van der Waals surface area contributed by atoms with Crippen molar-refractivity contribution in [3.05, 3.63) is 17.8 Å². The molecule has 198 valence electrons. The Bertz CT molecular complexity index is 759.